The minimum absolute atomic E-state index is 0.105. The Bertz CT molecular complexity index is 1440. The highest BCUT2D eigenvalue weighted by Gasteiger charge is 2.31. The molecular weight excluding hydrogens is 495 g/mol. The first-order chi connectivity index (χ1) is 17.5. The number of rotatable bonds is 6. The predicted octanol–water partition coefficient (Wildman–Crippen LogP) is 5.57. The van der Waals surface area contributed by atoms with Crippen LogP contribution in [0.1, 0.15) is 39.2 Å². The number of anilines is 2. The summed E-state index contributed by atoms with van der Waals surface area (Å²) in [6.07, 6.45) is -5.52. The molecule has 12 heteroatoms. The zero-order valence-corrected chi connectivity index (χ0v) is 19.7. The second kappa shape index (κ2) is 9.96. The van der Waals surface area contributed by atoms with Crippen LogP contribution in [0.5, 0.6) is 0 Å². The number of carbonyl (C=O) groups excluding carboxylic acids is 1. The molecule has 4 aromatic rings. The molecule has 192 valence electrons. The van der Waals surface area contributed by atoms with Crippen molar-refractivity contribution in [2.75, 3.05) is 17.8 Å². The Balaban J connectivity index is 1.76. The third-order valence-electron chi connectivity index (χ3n) is 5.71. The van der Waals surface area contributed by atoms with E-state index in [1.165, 1.54) is 31.4 Å². The molecular formula is C25H21F5N6O. The normalized spacial score (nSPS) is 11.7. The van der Waals surface area contributed by atoms with Gasteiger partial charge in [-0.2, -0.15) is 13.2 Å². The van der Waals surface area contributed by atoms with E-state index in [1.807, 2.05) is 0 Å². The second-order valence-electron chi connectivity index (χ2n) is 8.24. The van der Waals surface area contributed by atoms with Gasteiger partial charge in [0.2, 0.25) is 0 Å². The molecule has 0 unspecified atom stereocenters. The zero-order chi connectivity index (χ0) is 26.9. The smallest absolute Gasteiger partial charge is 0.383 e. The number of hydrogen-bond acceptors (Lipinski definition) is 6. The molecule has 0 atom stereocenters. The van der Waals surface area contributed by atoms with Crippen molar-refractivity contribution in [3.05, 3.63) is 88.9 Å². The number of carbonyl (C=O) groups is 1. The first-order valence-electron chi connectivity index (χ1n) is 10.9. The molecule has 0 saturated carbocycles. The molecule has 4 rings (SSSR count). The number of nitrogens with two attached hydrogens (primary N) is 1. The lowest BCUT2D eigenvalue weighted by Gasteiger charge is -2.33. The fraction of sp³-hybridized carbons (Fsp3) is 0.200. The number of nitrogen functional groups attached to an aromatic ring is 1. The summed E-state index contributed by atoms with van der Waals surface area (Å²) in [6, 6.07) is 10.9. The number of pyridine rings is 3. The van der Waals surface area contributed by atoms with Gasteiger partial charge in [0.1, 0.15) is 5.82 Å². The average molecular weight is 516 g/mol. The van der Waals surface area contributed by atoms with Crippen molar-refractivity contribution in [2.45, 2.75) is 26.1 Å². The molecule has 0 fully saturated rings. The van der Waals surface area contributed by atoms with Crippen LogP contribution < -0.4 is 10.7 Å². The Labute approximate surface area is 208 Å². The van der Waals surface area contributed by atoms with E-state index in [2.05, 4.69) is 15.0 Å². The van der Waals surface area contributed by atoms with Gasteiger partial charge in [-0.05, 0) is 61.0 Å². The Morgan fingerprint density at radius 1 is 1.08 bits per heavy atom. The third kappa shape index (κ3) is 5.42. The molecule has 37 heavy (non-hydrogen) atoms. The summed E-state index contributed by atoms with van der Waals surface area (Å²) >= 11 is 0. The maximum atomic E-state index is 13.7. The molecule has 0 aliphatic heterocycles. The van der Waals surface area contributed by atoms with Crippen LogP contribution in [0, 0.1) is 6.92 Å². The fourth-order valence-electron chi connectivity index (χ4n) is 3.70. The van der Waals surface area contributed by atoms with Crippen LogP contribution in [0.3, 0.4) is 0 Å². The van der Waals surface area contributed by atoms with Crippen molar-refractivity contribution in [3.63, 3.8) is 0 Å². The Hall–Kier alpha value is -4.35. The number of hydrazine groups is 1. The SMILES string of the molecule is Cc1cc2cc(C(=O)N(Cc3ccc(C(F)(F)F)cn3)N(C)c3ncccc3C(F)F)ccc2nc1N. The van der Waals surface area contributed by atoms with E-state index < -0.39 is 29.6 Å². The van der Waals surface area contributed by atoms with Crippen molar-refractivity contribution in [1.82, 2.24) is 20.0 Å². The monoisotopic (exact) mass is 516 g/mol. The summed E-state index contributed by atoms with van der Waals surface area (Å²) in [5.74, 6) is -0.466. The number of fused-ring (bicyclic) bond motifs is 1. The summed E-state index contributed by atoms with van der Waals surface area (Å²) in [6.45, 7) is 1.45. The minimum Gasteiger partial charge on any atom is -0.383 e. The average Bonchev–Trinajstić information content (AvgIpc) is 2.86. The van der Waals surface area contributed by atoms with Crippen LogP contribution in [0.2, 0.25) is 0 Å². The molecule has 0 radical (unpaired) electrons. The quantitative estimate of drug-likeness (QED) is 0.267. The second-order valence-corrected chi connectivity index (χ2v) is 8.24. The van der Waals surface area contributed by atoms with E-state index in [1.54, 1.807) is 25.1 Å². The van der Waals surface area contributed by atoms with E-state index in [0.29, 0.717) is 28.5 Å². The van der Waals surface area contributed by atoms with Crippen molar-refractivity contribution in [2.24, 2.45) is 0 Å². The largest absolute Gasteiger partial charge is 0.417 e. The summed E-state index contributed by atoms with van der Waals surface area (Å²) < 4.78 is 66.3. The van der Waals surface area contributed by atoms with Crippen molar-refractivity contribution >= 4 is 28.4 Å². The van der Waals surface area contributed by atoms with Gasteiger partial charge in [-0.15, -0.1) is 0 Å². The molecule has 1 aromatic carbocycles. The van der Waals surface area contributed by atoms with Crippen LogP contribution in [0.15, 0.2) is 60.9 Å². The van der Waals surface area contributed by atoms with E-state index in [0.717, 1.165) is 22.2 Å². The maximum absolute atomic E-state index is 13.7. The molecule has 0 aliphatic carbocycles. The van der Waals surface area contributed by atoms with Gasteiger partial charge in [0.15, 0.2) is 5.82 Å². The number of hydrogen-bond donors (Lipinski definition) is 1. The molecule has 0 bridgehead atoms. The number of aryl methyl sites for hydroxylation is 1. The zero-order valence-electron chi connectivity index (χ0n) is 19.7. The number of halogens is 5. The summed E-state index contributed by atoms with van der Waals surface area (Å²) in [4.78, 5) is 25.8. The van der Waals surface area contributed by atoms with Gasteiger partial charge in [-0.25, -0.2) is 23.8 Å². The highest BCUT2D eigenvalue weighted by atomic mass is 19.4. The predicted molar refractivity (Wildman–Crippen MR) is 128 cm³/mol. The van der Waals surface area contributed by atoms with Gasteiger partial charge in [-0.1, -0.05) is 0 Å². The fourth-order valence-corrected chi connectivity index (χ4v) is 3.70. The van der Waals surface area contributed by atoms with Crippen LogP contribution in [0.25, 0.3) is 10.9 Å². The van der Waals surface area contributed by atoms with Crippen molar-refractivity contribution in [3.8, 4) is 0 Å². The first kappa shape index (κ1) is 25.7. The Morgan fingerprint density at radius 3 is 2.49 bits per heavy atom. The summed E-state index contributed by atoms with van der Waals surface area (Å²) in [5, 5.41) is 2.85. The molecule has 2 N–H and O–H groups in total. The highest BCUT2D eigenvalue weighted by Crippen LogP contribution is 2.31. The van der Waals surface area contributed by atoms with E-state index in [9.17, 15) is 26.7 Å². The molecule has 0 saturated heterocycles. The number of alkyl halides is 5. The molecule has 7 nitrogen and oxygen atoms in total. The van der Waals surface area contributed by atoms with Crippen LogP contribution >= 0.6 is 0 Å². The molecule has 3 aromatic heterocycles. The van der Waals surface area contributed by atoms with Gasteiger partial charge in [0.25, 0.3) is 12.3 Å². The van der Waals surface area contributed by atoms with Gasteiger partial charge >= 0.3 is 6.18 Å². The third-order valence-corrected chi connectivity index (χ3v) is 5.71. The van der Waals surface area contributed by atoms with Gasteiger partial charge in [0, 0.05) is 30.4 Å². The Kier molecular flexibility index (Phi) is 6.92. The van der Waals surface area contributed by atoms with Crippen LogP contribution in [0.4, 0.5) is 33.6 Å². The van der Waals surface area contributed by atoms with E-state index >= 15 is 0 Å². The van der Waals surface area contributed by atoms with E-state index in [4.69, 9.17) is 5.73 Å². The number of benzene rings is 1. The lowest BCUT2D eigenvalue weighted by Crippen LogP contribution is -2.45. The maximum Gasteiger partial charge on any atom is 0.417 e. The molecule has 0 spiro atoms. The summed E-state index contributed by atoms with van der Waals surface area (Å²) in [5.41, 5.74) is 6.03. The molecule has 1 amide bonds. The topological polar surface area (TPSA) is 88.2 Å². The van der Waals surface area contributed by atoms with Gasteiger partial charge < -0.3 is 5.73 Å². The minimum atomic E-state index is -4.58. The summed E-state index contributed by atoms with van der Waals surface area (Å²) in [7, 11) is 1.36. The van der Waals surface area contributed by atoms with Crippen molar-refractivity contribution in [1.29, 1.82) is 0 Å². The Morgan fingerprint density at radius 2 is 1.84 bits per heavy atom. The van der Waals surface area contributed by atoms with Gasteiger partial charge in [-0.3, -0.25) is 14.8 Å². The number of nitrogens with zero attached hydrogens (tertiary/aromatic N) is 5. The van der Waals surface area contributed by atoms with Crippen LogP contribution in [-0.2, 0) is 12.7 Å². The van der Waals surface area contributed by atoms with E-state index in [-0.39, 0.29) is 23.6 Å². The lowest BCUT2D eigenvalue weighted by atomic mass is 10.1. The van der Waals surface area contributed by atoms with Crippen molar-refractivity contribution < 1.29 is 26.7 Å². The molecule has 3 heterocycles. The lowest BCUT2D eigenvalue weighted by molar-refractivity contribution is -0.137. The molecule has 0 aliphatic rings. The standard InChI is InChI=1S/C25H21F5N6O/c1-14-10-16-11-15(5-8-20(16)34-22(14)31)24(37)36(13-18-7-6-17(12-33-18)25(28,29)30)35(2)23-19(21(26)27)4-3-9-32-23/h3-12,21H,13H2,1-2H3,(H2,31,34). The highest BCUT2D eigenvalue weighted by molar-refractivity contribution is 5.99. The van der Waals surface area contributed by atoms with Gasteiger partial charge in [0.05, 0.1) is 28.9 Å². The first-order valence-corrected chi connectivity index (χ1v) is 10.9. The number of aromatic nitrogens is 3. The van der Waals surface area contributed by atoms with Crippen LogP contribution in [-0.4, -0.2) is 32.9 Å². The number of amides is 1.